The molecule has 17 heavy (non-hydrogen) atoms. The third-order valence-corrected chi connectivity index (χ3v) is 3.48. The summed E-state index contributed by atoms with van der Waals surface area (Å²) in [5, 5.41) is 3.42. The molecule has 0 unspecified atom stereocenters. The number of piperidine rings is 1. The van der Waals surface area contributed by atoms with Crippen LogP contribution in [0.2, 0.25) is 0 Å². The fourth-order valence-corrected chi connectivity index (χ4v) is 2.43. The molecule has 0 spiro atoms. The molecule has 0 radical (unpaired) electrons. The first-order valence-electron chi connectivity index (χ1n) is 6.66. The molecule has 1 fully saturated rings. The molecule has 2 rings (SSSR count). The second-order valence-corrected chi connectivity index (χ2v) is 5.13. The molecule has 1 N–H and O–H groups in total. The van der Waals surface area contributed by atoms with Gasteiger partial charge in [0.25, 0.3) is 0 Å². The van der Waals surface area contributed by atoms with E-state index in [0.29, 0.717) is 6.04 Å². The van der Waals surface area contributed by atoms with Crippen LogP contribution in [0.4, 0.5) is 5.82 Å². The highest BCUT2D eigenvalue weighted by Gasteiger charge is 2.19. The maximum Gasteiger partial charge on any atom is 0.128 e. The van der Waals surface area contributed by atoms with Gasteiger partial charge < -0.3 is 10.2 Å². The number of aromatic nitrogens is 1. The number of rotatable bonds is 4. The van der Waals surface area contributed by atoms with Crippen molar-refractivity contribution in [2.45, 2.75) is 32.7 Å². The minimum absolute atomic E-state index is 0.514. The monoisotopic (exact) mass is 233 g/mol. The molecule has 0 bridgehead atoms. The summed E-state index contributed by atoms with van der Waals surface area (Å²) < 4.78 is 0. The topological polar surface area (TPSA) is 28.2 Å². The average molecular weight is 233 g/mol. The van der Waals surface area contributed by atoms with Crippen molar-refractivity contribution < 1.29 is 0 Å². The SMILES string of the molecule is CC(C)N(CC1CCNCC1)c1ccccn1. The van der Waals surface area contributed by atoms with Gasteiger partial charge in [0, 0.05) is 18.8 Å². The van der Waals surface area contributed by atoms with Gasteiger partial charge in [-0.25, -0.2) is 4.98 Å². The van der Waals surface area contributed by atoms with Gasteiger partial charge in [-0.15, -0.1) is 0 Å². The van der Waals surface area contributed by atoms with Crippen molar-refractivity contribution in [3.63, 3.8) is 0 Å². The van der Waals surface area contributed by atoms with Crippen molar-refractivity contribution in [3.05, 3.63) is 24.4 Å². The van der Waals surface area contributed by atoms with Crippen LogP contribution in [0.3, 0.4) is 0 Å². The second kappa shape index (κ2) is 6.01. The fraction of sp³-hybridized carbons (Fsp3) is 0.643. The summed E-state index contributed by atoms with van der Waals surface area (Å²) in [5.41, 5.74) is 0. The van der Waals surface area contributed by atoms with Crippen LogP contribution < -0.4 is 10.2 Å². The third kappa shape index (κ3) is 3.43. The van der Waals surface area contributed by atoms with Crippen molar-refractivity contribution in [1.82, 2.24) is 10.3 Å². The number of pyridine rings is 1. The van der Waals surface area contributed by atoms with Crippen LogP contribution in [-0.4, -0.2) is 30.7 Å². The maximum absolute atomic E-state index is 4.48. The second-order valence-electron chi connectivity index (χ2n) is 5.13. The highest BCUT2D eigenvalue weighted by atomic mass is 15.2. The fourth-order valence-electron chi connectivity index (χ4n) is 2.43. The lowest BCUT2D eigenvalue weighted by Gasteiger charge is -2.33. The Hall–Kier alpha value is -1.09. The van der Waals surface area contributed by atoms with E-state index in [9.17, 15) is 0 Å². The zero-order valence-electron chi connectivity index (χ0n) is 10.9. The summed E-state index contributed by atoms with van der Waals surface area (Å²) in [6.45, 7) is 7.96. The molecule has 1 saturated heterocycles. The van der Waals surface area contributed by atoms with Gasteiger partial charge in [0.05, 0.1) is 0 Å². The molecule has 0 aliphatic carbocycles. The van der Waals surface area contributed by atoms with Gasteiger partial charge in [0.2, 0.25) is 0 Å². The molecule has 0 saturated carbocycles. The first kappa shape index (κ1) is 12.4. The summed E-state index contributed by atoms with van der Waals surface area (Å²) in [7, 11) is 0. The molecule has 0 aromatic carbocycles. The van der Waals surface area contributed by atoms with Gasteiger partial charge in [0.1, 0.15) is 5.82 Å². The minimum atomic E-state index is 0.514. The largest absolute Gasteiger partial charge is 0.354 e. The van der Waals surface area contributed by atoms with Gasteiger partial charge in [-0.1, -0.05) is 6.07 Å². The van der Waals surface area contributed by atoms with Gasteiger partial charge in [-0.05, 0) is 57.8 Å². The van der Waals surface area contributed by atoms with Gasteiger partial charge in [-0.3, -0.25) is 0 Å². The summed E-state index contributed by atoms with van der Waals surface area (Å²) in [6, 6.07) is 6.67. The predicted octanol–water partition coefficient (Wildman–Crippen LogP) is 2.30. The summed E-state index contributed by atoms with van der Waals surface area (Å²) in [4.78, 5) is 6.90. The molecule has 3 nitrogen and oxygen atoms in total. The summed E-state index contributed by atoms with van der Waals surface area (Å²) >= 11 is 0. The van der Waals surface area contributed by atoms with Crippen molar-refractivity contribution in [2.75, 3.05) is 24.5 Å². The predicted molar refractivity (Wildman–Crippen MR) is 72.3 cm³/mol. The van der Waals surface area contributed by atoms with Crippen LogP contribution in [0.25, 0.3) is 0 Å². The zero-order chi connectivity index (χ0) is 12.1. The van der Waals surface area contributed by atoms with E-state index in [4.69, 9.17) is 0 Å². The van der Waals surface area contributed by atoms with E-state index in [-0.39, 0.29) is 0 Å². The molecule has 1 aliphatic rings. The molecule has 1 aromatic rings. The zero-order valence-corrected chi connectivity index (χ0v) is 10.9. The lowest BCUT2D eigenvalue weighted by Crippen LogP contribution is -2.39. The molecule has 3 heteroatoms. The molecular formula is C14H23N3. The van der Waals surface area contributed by atoms with Crippen molar-refractivity contribution in [2.24, 2.45) is 5.92 Å². The molecular weight excluding hydrogens is 210 g/mol. The van der Waals surface area contributed by atoms with Crippen LogP contribution in [0.5, 0.6) is 0 Å². The first-order chi connectivity index (χ1) is 8.27. The van der Waals surface area contributed by atoms with E-state index >= 15 is 0 Å². The Morgan fingerprint density at radius 1 is 1.35 bits per heavy atom. The molecule has 1 aliphatic heterocycles. The number of anilines is 1. The highest BCUT2D eigenvalue weighted by molar-refractivity contribution is 5.38. The Morgan fingerprint density at radius 2 is 2.12 bits per heavy atom. The number of nitrogens with one attached hydrogen (secondary N) is 1. The Labute approximate surface area is 104 Å². The molecule has 1 aromatic heterocycles. The molecule has 94 valence electrons. The quantitative estimate of drug-likeness (QED) is 0.865. The first-order valence-corrected chi connectivity index (χ1v) is 6.66. The highest BCUT2D eigenvalue weighted by Crippen LogP contribution is 2.19. The average Bonchev–Trinajstić information content (AvgIpc) is 2.38. The van der Waals surface area contributed by atoms with Crippen LogP contribution in [0.1, 0.15) is 26.7 Å². The Bertz CT molecular complexity index is 317. The van der Waals surface area contributed by atoms with Crippen molar-refractivity contribution >= 4 is 5.82 Å². The number of hydrogen-bond donors (Lipinski definition) is 1. The van der Waals surface area contributed by atoms with E-state index < -0.39 is 0 Å². The van der Waals surface area contributed by atoms with Crippen LogP contribution in [0, 0.1) is 5.92 Å². The van der Waals surface area contributed by atoms with E-state index in [0.717, 1.165) is 18.3 Å². The van der Waals surface area contributed by atoms with E-state index in [1.54, 1.807) is 0 Å². The van der Waals surface area contributed by atoms with Crippen molar-refractivity contribution in [1.29, 1.82) is 0 Å². The standard InChI is InChI=1S/C14H23N3/c1-12(2)17(14-5-3-4-8-16-14)11-13-6-9-15-10-7-13/h3-5,8,12-13,15H,6-7,9-11H2,1-2H3. The smallest absolute Gasteiger partial charge is 0.128 e. The Balaban J connectivity index is 2.02. The normalized spacial score (nSPS) is 17.4. The van der Waals surface area contributed by atoms with E-state index in [2.05, 4.69) is 41.2 Å². The van der Waals surface area contributed by atoms with Crippen LogP contribution in [-0.2, 0) is 0 Å². The molecule has 0 atom stereocenters. The van der Waals surface area contributed by atoms with Gasteiger partial charge in [0.15, 0.2) is 0 Å². The summed E-state index contributed by atoms with van der Waals surface area (Å²) in [6.07, 6.45) is 4.46. The lowest BCUT2D eigenvalue weighted by molar-refractivity contribution is 0.367. The van der Waals surface area contributed by atoms with E-state index in [1.807, 2.05) is 12.3 Å². The van der Waals surface area contributed by atoms with Crippen LogP contribution in [0.15, 0.2) is 24.4 Å². The van der Waals surface area contributed by atoms with Crippen molar-refractivity contribution in [3.8, 4) is 0 Å². The molecule has 2 heterocycles. The number of hydrogen-bond acceptors (Lipinski definition) is 3. The number of nitrogens with zero attached hydrogens (tertiary/aromatic N) is 2. The van der Waals surface area contributed by atoms with Crippen LogP contribution >= 0.6 is 0 Å². The van der Waals surface area contributed by atoms with Gasteiger partial charge in [-0.2, -0.15) is 0 Å². The Morgan fingerprint density at radius 3 is 2.71 bits per heavy atom. The minimum Gasteiger partial charge on any atom is -0.354 e. The maximum atomic E-state index is 4.48. The Kier molecular flexibility index (Phi) is 4.37. The lowest BCUT2D eigenvalue weighted by atomic mass is 9.97. The third-order valence-electron chi connectivity index (χ3n) is 3.48. The summed E-state index contributed by atoms with van der Waals surface area (Å²) in [5.74, 6) is 1.92. The molecule has 0 amide bonds. The van der Waals surface area contributed by atoms with Gasteiger partial charge >= 0.3 is 0 Å². The van der Waals surface area contributed by atoms with E-state index in [1.165, 1.54) is 25.9 Å².